The summed E-state index contributed by atoms with van der Waals surface area (Å²) in [5, 5.41) is 2.78. The van der Waals surface area contributed by atoms with Crippen LogP contribution in [0.3, 0.4) is 0 Å². The van der Waals surface area contributed by atoms with E-state index in [4.69, 9.17) is 0 Å². The molecular weight excluding hydrogens is 442 g/mol. The number of amidine groups is 1. The largest absolute Gasteiger partial charge is 0.352 e. The molecule has 1 aliphatic heterocycles. The van der Waals surface area contributed by atoms with Gasteiger partial charge < -0.3 is 10.2 Å². The molecule has 0 bridgehead atoms. The summed E-state index contributed by atoms with van der Waals surface area (Å²) in [6, 6.07) is 14.8. The van der Waals surface area contributed by atoms with Crippen LogP contribution in [0.4, 0.5) is 5.69 Å². The third-order valence-corrected chi connectivity index (χ3v) is 6.08. The molecule has 0 fully saturated rings. The zero-order valence-electron chi connectivity index (χ0n) is 18.3. The number of hydrogen-bond acceptors (Lipinski definition) is 6. The molecule has 0 spiro atoms. The Morgan fingerprint density at radius 3 is 2.24 bits per heavy atom. The van der Waals surface area contributed by atoms with Crippen molar-refractivity contribution in [3.05, 3.63) is 65.7 Å². The molecule has 1 heterocycles. The minimum Gasteiger partial charge on any atom is -0.352 e. The van der Waals surface area contributed by atoms with Crippen LogP contribution in [0.15, 0.2) is 59.6 Å². The van der Waals surface area contributed by atoms with Crippen molar-refractivity contribution in [3.63, 3.8) is 0 Å². The van der Waals surface area contributed by atoms with Crippen LogP contribution in [0.1, 0.15) is 41.0 Å². The molecular formula is C23H25N5O4S. The van der Waals surface area contributed by atoms with Gasteiger partial charge in [0.05, 0.1) is 0 Å². The van der Waals surface area contributed by atoms with Gasteiger partial charge in [-0.15, -0.1) is 0 Å². The van der Waals surface area contributed by atoms with E-state index in [1.165, 1.54) is 17.8 Å². The summed E-state index contributed by atoms with van der Waals surface area (Å²) >= 11 is 1.29. The standard InChI is InChI=1S/C23H25N5O4S/c1-3-28(4-2)23-25-22(32)18(33-23)14-19(29)24-17-12-8-11-16(13-17)21(31)27-26-20(30)15-9-6-5-7-10-15/h5-13,18H,3-4,14H2,1-2H3,(H,24,29)(H,26,30)(H,27,31). The van der Waals surface area contributed by atoms with Gasteiger partial charge in [-0.3, -0.25) is 30.0 Å². The highest BCUT2D eigenvalue weighted by Gasteiger charge is 2.32. The molecule has 172 valence electrons. The Kier molecular flexibility index (Phi) is 8.20. The van der Waals surface area contributed by atoms with Gasteiger partial charge in [-0.25, -0.2) is 0 Å². The van der Waals surface area contributed by atoms with Crippen molar-refractivity contribution >= 4 is 46.2 Å². The van der Waals surface area contributed by atoms with Crippen LogP contribution in [-0.2, 0) is 9.59 Å². The van der Waals surface area contributed by atoms with Crippen LogP contribution >= 0.6 is 11.8 Å². The topological polar surface area (TPSA) is 120 Å². The second-order valence-corrected chi connectivity index (χ2v) is 8.29. The molecule has 0 aromatic heterocycles. The molecule has 1 aliphatic rings. The molecule has 2 aromatic rings. The van der Waals surface area contributed by atoms with Crippen LogP contribution in [0.2, 0.25) is 0 Å². The van der Waals surface area contributed by atoms with E-state index in [2.05, 4.69) is 21.2 Å². The lowest BCUT2D eigenvalue weighted by Crippen LogP contribution is -2.41. The number of hydrogen-bond donors (Lipinski definition) is 3. The van der Waals surface area contributed by atoms with Gasteiger partial charge in [0.15, 0.2) is 5.17 Å². The number of aliphatic imine (C=N–C) groups is 1. The van der Waals surface area contributed by atoms with Crippen molar-refractivity contribution in [2.24, 2.45) is 4.99 Å². The molecule has 0 aliphatic carbocycles. The predicted octanol–water partition coefficient (Wildman–Crippen LogP) is 2.43. The average molecular weight is 468 g/mol. The number of benzene rings is 2. The molecule has 0 saturated carbocycles. The second kappa shape index (κ2) is 11.3. The van der Waals surface area contributed by atoms with E-state index in [0.717, 1.165) is 13.1 Å². The molecule has 10 heteroatoms. The first-order valence-corrected chi connectivity index (χ1v) is 11.4. The first-order chi connectivity index (χ1) is 15.9. The van der Waals surface area contributed by atoms with Gasteiger partial charge in [0.25, 0.3) is 17.7 Å². The fraction of sp³-hybridized carbons (Fsp3) is 0.261. The van der Waals surface area contributed by atoms with E-state index < -0.39 is 17.1 Å². The number of nitrogens with zero attached hydrogens (tertiary/aromatic N) is 2. The fourth-order valence-corrected chi connectivity index (χ4v) is 4.30. The Morgan fingerprint density at radius 1 is 0.939 bits per heavy atom. The van der Waals surface area contributed by atoms with Gasteiger partial charge in [-0.05, 0) is 44.2 Å². The Labute approximate surface area is 196 Å². The molecule has 4 amide bonds. The van der Waals surface area contributed by atoms with E-state index >= 15 is 0 Å². The number of anilines is 1. The summed E-state index contributed by atoms with van der Waals surface area (Å²) in [4.78, 5) is 55.2. The Hall–Kier alpha value is -3.66. The third-order valence-electron chi connectivity index (χ3n) is 4.87. The van der Waals surface area contributed by atoms with E-state index in [-0.39, 0.29) is 23.8 Å². The number of thioether (sulfide) groups is 1. The smallest absolute Gasteiger partial charge is 0.269 e. The highest BCUT2D eigenvalue weighted by Crippen LogP contribution is 2.27. The Morgan fingerprint density at radius 2 is 1.58 bits per heavy atom. The van der Waals surface area contributed by atoms with Gasteiger partial charge in [-0.2, -0.15) is 4.99 Å². The highest BCUT2D eigenvalue weighted by molar-refractivity contribution is 8.15. The average Bonchev–Trinajstić information content (AvgIpc) is 3.18. The maximum Gasteiger partial charge on any atom is 0.269 e. The van der Waals surface area contributed by atoms with Crippen molar-refractivity contribution < 1.29 is 19.2 Å². The Balaban J connectivity index is 1.53. The van der Waals surface area contributed by atoms with Crippen LogP contribution in [0, 0.1) is 0 Å². The van der Waals surface area contributed by atoms with Crippen LogP contribution in [0.5, 0.6) is 0 Å². The molecule has 9 nitrogen and oxygen atoms in total. The normalized spacial score (nSPS) is 14.9. The zero-order chi connectivity index (χ0) is 23.8. The quantitative estimate of drug-likeness (QED) is 0.538. The summed E-state index contributed by atoms with van der Waals surface area (Å²) in [5.74, 6) is -1.65. The van der Waals surface area contributed by atoms with Gasteiger partial charge in [0, 0.05) is 36.3 Å². The molecule has 1 atom stereocenters. The summed E-state index contributed by atoms with van der Waals surface area (Å²) < 4.78 is 0. The number of carbonyl (C=O) groups excluding carboxylic acids is 4. The van der Waals surface area contributed by atoms with Crippen molar-refractivity contribution in [2.45, 2.75) is 25.5 Å². The van der Waals surface area contributed by atoms with Crippen LogP contribution in [0.25, 0.3) is 0 Å². The van der Waals surface area contributed by atoms with Gasteiger partial charge >= 0.3 is 0 Å². The van der Waals surface area contributed by atoms with Gasteiger partial charge in [0.2, 0.25) is 5.91 Å². The maximum atomic E-state index is 12.5. The SMILES string of the molecule is CCN(CC)C1=NC(=O)C(CC(=O)Nc2cccc(C(=O)NNC(=O)c3ccccc3)c2)S1. The minimum absolute atomic E-state index is 0.0265. The van der Waals surface area contributed by atoms with Crippen LogP contribution < -0.4 is 16.2 Å². The maximum absolute atomic E-state index is 12.5. The summed E-state index contributed by atoms with van der Waals surface area (Å²) in [6.07, 6.45) is -0.0265. The lowest BCUT2D eigenvalue weighted by Gasteiger charge is -2.19. The lowest BCUT2D eigenvalue weighted by molar-refractivity contribution is -0.121. The summed E-state index contributed by atoms with van der Waals surface area (Å²) in [6.45, 7) is 5.42. The number of hydrazine groups is 1. The van der Waals surface area contributed by atoms with Crippen molar-refractivity contribution in [1.29, 1.82) is 0 Å². The lowest BCUT2D eigenvalue weighted by atomic mass is 10.2. The summed E-state index contributed by atoms with van der Waals surface area (Å²) in [7, 11) is 0. The third kappa shape index (κ3) is 6.42. The van der Waals surface area contributed by atoms with E-state index in [1.54, 1.807) is 48.5 Å². The molecule has 0 saturated heterocycles. The molecule has 2 aromatic carbocycles. The van der Waals surface area contributed by atoms with E-state index in [1.807, 2.05) is 18.7 Å². The van der Waals surface area contributed by atoms with Crippen molar-refractivity contribution in [2.75, 3.05) is 18.4 Å². The van der Waals surface area contributed by atoms with Crippen molar-refractivity contribution in [3.8, 4) is 0 Å². The molecule has 33 heavy (non-hydrogen) atoms. The molecule has 3 N–H and O–H groups in total. The number of rotatable bonds is 7. The van der Waals surface area contributed by atoms with E-state index in [0.29, 0.717) is 16.4 Å². The minimum atomic E-state index is -0.569. The summed E-state index contributed by atoms with van der Waals surface area (Å²) in [5.41, 5.74) is 5.76. The molecule has 0 radical (unpaired) electrons. The first kappa shape index (κ1) is 24.0. The van der Waals surface area contributed by atoms with E-state index in [9.17, 15) is 19.2 Å². The highest BCUT2D eigenvalue weighted by atomic mass is 32.2. The second-order valence-electron chi connectivity index (χ2n) is 7.12. The predicted molar refractivity (Wildman–Crippen MR) is 128 cm³/mol. The number of carbonyl (C=O) groups is 4. The van der Waals surface area contributed by atoms with Gasteiger partial charge in [-0.1, -0.05) is 36.0 Å². The van der Waals surface area contributed by atoms with Gasteiger partial charge in [0.1, 0.15) is 5.25 Å². The first-order valence-electron chi connectivity index (χ1n) is 10.5. The fourth-order valence-electron chi connectivity index (χ4n) is 3.10. The Bertz CT molecular complexity index is 1070. The van der Waals surface area contributed by atoms with Crippen molar-refractivity contribution in [1.82, 2.24) is 15.8 Å². The number of amides is 4. The monoisotopic (exact) mass is 467 g/mol. The molecule has 1 unspecified atom stereocenters. The molecule has 3 rings (SSSR count). The van der Waals surface area contributed by atoms with Crippen LogP contribution in [-0.4, -0.2) is 52.0 Å². The number of nitrogens with one attached hydrogen (secondary N) is 3. The zero-order valence-corrected chi connectivity index (χ0v) is 19.1.